The average Bonchev–Trinajstić information content (AvgIpc) is 2.46. The van der Waals surface area contributed by atoms with E-state index < -0.39 is 6.09 Å². The fourth-order valence-electron chi connectivity index (χ4n) is 2.66. The van der Waals surface area contributed by atoms with Crippen molar-refractivity contribution in [2.24, 2.45) is 0 Å². The first-order chi connectivity index (χ1) is 9.19. The van der Waals surface area contributed by atoms with Gasteiger partial charge in [-0.1, -0.05) is 12.1 Å². The van der Waals surface area contributed by atoms with Crippen molar-refractivity contribution >= 4 is 6.09 Å². The second kappa shape index (κ2) is 5.82. The van der Waals surface area contributed by atoms with Crippen LogP contribution in [0.2, 0.25) is 0 Å². The monoisotopic (exact) mass is 265 g/mol. The first-order valence-corrected chi connectivity index (χ1v) is 6.39. The molecule has 1 amide bonds. The molecule has 1 aliphatic heterocycles. The van der Waals surface area contributed by atoms with Crippen molar-refractivity contribution in [2.75, 3.05) is 20.8 Å². The number of para-hydroxylation sites is 1. The average molecular weight is 265 g/mol. The topological polar surface area (TPSA) is 59.0 Å². The number of carbonyl (C=O) groups is 1. The molecule has 0 saturated carbocycles. The maximum atomic E-state index is 11.3. The van der Waals surface area contributed by atoms with Crippen LogP contribution in [0.15, 0.2) is 18.2 Å². The molecule has 1 aromatic carbocycles. The van der Waals surface area contributed by atoms with E-state index in [1.807, 2.05) is 18.2 Å². The summed E-state index contributed by atoms with van der Waals surface area (Å²) < 4.78 is 10.7. The van der Waals surface area contributed by atoms with Crippen LogP contribution in [0, 0.1) is 0 Å². The Balaban J connectivity index is 2.41. The molecule has 19 heavy (non-hydrogen) atoms. The number of hydrogen-bond acceptors (Lipinski definition) is 3. The zero-order valence-corrected chi connectivity index (χ0v) is 11.3. The molecule has 1 fully saturated rings. The summed E-state index contributed by atoms with van der Waals surface area (Å²) in [5.74, 6) is 1.26. The van der Waals surface area contributed by atoms with Crippen molar-refractivity contribution in [2.45, 2.75) is 25.3 Å². The van der Waals surface area contributed by atoms with Crippen LogP contribution in [0.4, 0.5) is 4.79 Å². The van der Waals surface area contributed by atoms with Crippen LogP contribution in [0.1, 0.15) is 30.9 Å². The van der Waals surface area contributed by atoms with Crippen LogP contribution in [-0.2, 0) is 0 Å². The normalized spacial score (nSPS) is 19.1. The van der Waals surface area contributed by atoms with Crippen LogP contribution in [-0.4, -0.2) is 36.9 Å². The molecule has 1 saturated heterocycles. The molecule has 0 radical (unpaired) electrons. The molecule has 5 nitrogen and oxygen atoms in total. The standard InChI is InChI=1S/C14H19NO4/c1-18-12-8-5-6-10(13(12)19-2)11-7-3-4-9-15(11)14(16)17/h5-6,8,11H,3-4,7,9H2,1-2H3,(H,16,17). The van der Waals surface area contributed by atoms with E-state index in [-0.39, 0.29) is 6.04 Å². The lowest BCUT2D eigenvalue weighted by Gasteiger charge is -2.34. The van der Waals surface area contributed by atoms with E-state index in [0.717, 1.165) is 24.8 Å². The molecule has 1 aromatic rings. The summed E-state index contributed by atoms with van der Waals surface area (Å²) in [5.41, 5.74) is 0.879. The van der Waals surface area contributed by atoms with Crippen molar-refractivity contribution in [3.63, 3.8) is 0 Å². The van der Waals surface area contributed by atoms with Crippen molar-refractivity contribution in [3.8, 4) is 11.5 Å². The van der Waals surface area contributed by atoms with E-state index in [4.69, 9.17) is 9.47 Å². The molecule has 0 spiro atoms. The first kappa shape index (κ1) is 13.5. The van der Waals surface area contributed by atoms with Gasteiger partial charge in [0.2, 0.25) is 0 Å². The van der Waals surface area contributed by atoms with E-state index in [9.17, 15) is 9.90 Å². The van der Waals surface area contributed by atoms with Gasteiger partial charge in [-0.05, 0) is 25.3 Å². The Morgan fingerprint density at radius 1 is 1.32 bits per heavy atom. The Kier molecular flexibility index (Phi) is 4.14. The summed E-state index contributed by atoms with van der Waals surface area (Å²) in [6.45, 7) is 0.570. The zero-order valence-electron chi connectivity index (χ0n) is 11.3. The number of hydrogen-bond donors (Lipinski definition) is 1. The van der Waals surface area contributed by atoms with Gasteiger partial charge in [0.1, 0.15) is 0 Å². The third-order valence-electron chi connectivity index (χ3n) is 3.54. The van der Waals surface area contributed by atoms with Gasteiger partial charge in [-0.15, -0.1) is 0 Å². The second-order valence-electron chi connectivity index (χ2n) is 4.57. The van der Waals surface area contributed by atoms with Gasteiger partial charge in [-0.2, -0.15) is 0 Å². The minimum absolute atomic E-state index is 0.156. The highest BCUT2D eigenvalue weighted by Crippen LogP contribution is 2.40. The zero-order chi connectivity index (χ0) is 13.8. The molecule has 5 heteroatoms. The summed E-state index contributed by atoms with van der Waals surface area (Å²) in [7, 11) is 3.16. The Morgan fingerprint density at radius 3 is 2.74 bits per heavy atom. The number of likely N-dealkylation sites (tertiary alicyclic amines) is 1. The van der Waals surface area contributed by atoms with Gasteiger partial charge in [-0.25, -0.2) is 4.79 Å². The van der Waals surface area contributed by atoms with Crippen LogP contribution in [0.3, 0.4) is 0 Å². The Labute approximate surface area is 112 Å². The lowest BCUT2D eigenvalue weighted by atomic mass is 9.94. The number of methoxy groups -OCH3 is 2. The Morgan fingerprint density at radius 2 is 2.11 bits per heavy atom. The molecule has 104 valence electrons. The number of rotatable bonds is 3. The molecule has 2 rings (SSSR count). The summed E-state index contributed by atoms with van der Waals surface area (Å²) in [4.78, 5) is 12.8. The van der Waals surface area contributed by atoms with Gasteiger partial charge < -0.3 is 19.5 Å². The molecular formula is C14H19NO4. The Hall–Kier alpha value is -1.91. The fraction of sp³-hybridized carbons (Fsp3) is 0.500. The quantitative estimate of drug-likeness (QED) is 0.913. The number of nitrogens with zero attached hydrogens (tertiary/aromatic N) is 1. The van der Waals surface area contributed by atoms with Gasteiger partial charge in [0.15, 0.2) is 11.5 Å². The lowest BCUT2D eigenvalue weighted by molar-refractivity contribution is 0.105. The molecule has 1 atom stereocenters. The Bertz CT molecular complexity index is 461. The summed E-state index contributed by atoms with van der Waals surface area (Å²) in [6.07, 6.45) is 1.87. The van der Waals surface area contributed by atoms with Crippen LogP contribution in [0.25, 0.3) is 0 Å². The van der Waals surface area contributed by atoms with Gasteiger partial charge in [0.05, 0.1) is 20.3 Å². The molecule has 0 aromatic heterocycles. The number of piperidine rings is 1. The lowest BCUT2D eigenvalue weighted by Crippen LogP contribution is -2.37. The maximum Gasteiger partial charge on any atom is 0.407 e. The third kappa shape index (κ3) is 2.59. The van der Waals surface area contributed by atoms with E-state index in [1.165, 1.54) is 4.90 Å². The molecule has 1 aliphatic rings. The van der Waals surface area contributed by atoms with E-state index >= 15 is 0 Å². The molecule has 0 bridgehead atoms. The molecular weight excluding hydrogens is 246 g/mol. The molecule has 1 unspecified atom stereocenters. The predicted octanol–water partition coefficient (Wildman–Crippen LogP) is 2.91. The highest BCUT2D eigenvalue weighted by molar-refractivity contribution is 5.66. The number of ether oxygens (including phenoxy) is 2. The van der Waals surface area contributed by atoms with Crippen LogP contribution >= 0.6 is 0 Å². The van der Waals surface area contributed by atoms with E-state index in [1.54, 1.807) is 14.2 Å². The highest BCUT2D eigenvalue weighted by atomic mass is 16.5. The summed E-state index contributed by atoms with van der Waals surface area (Å²) in [6, 6.07) is 5.44. The smallest absolute Gasteiger partial charge is 0.407 e. The van der Waals surface area contributed by atoms with Crippen LogP contribution in [0.5, 0.6) is 11.5 Å². The number of benzene rings is 1. The fourth-order valence-corrected chi connectivity index (χ4v) is 2.66. The second-order valence-corrected chi connectivity index (χ2v) is 4.57. The molecule has 0 aliphatic carbocycles. The summed E-state index contributed by atoms with van der Waals surface area (Å²) in [5, 5.41) is 9.31. The predicted molar refractivity (Wildman–Crippen MR) is 70.9 cm³/mol. The maximum absolute atomic E-state index is 11.3. The van der Waals surface area contributed by atoms with Gasteiger partial charge in [-0.3, -0.25) is 0 Å². The number of carboxylic acid groups (broad SMARTS) is 1. The van der Waals surface area contributed by atoms with Crippen molar-refractivity contribution in [1.82, 2.24) is 4.90 Å². The van der Waals surface area contributed by atoms with Gasteiger partial charge >= 0.3 is 6.09 Å². The highest BCUT2D eigenvalue weighted by Gasteiger charge is 2.30. The van der Waals surface area contributed by atoms with Gasteiger partial charge in [0.25, 0.3) is 0 Å². The third-order valence-corrected chi connectivity index (χ3v) is 3.54. The van der Waals surface area contributed by atoms with E-state index in [0.29, 0.717) is 18.0 Å². The SMILES string of the molecule is COc1cccc(C2CCCCN2C(=O)O)c1OC. The largest absolute Gasteiger partial charge is 0.493 e. The van der Waals surface area contributed by atoms with Gasteiger partial charge in [0, 0.05) is 12.1 Å². The van der Waals surface area contributed by atoms with E-state index in [2.05, 4.69) is 0 Å². The summed E-state index contributed by atoms with van der Waals surface area (Å²) >= 11 is 0. The molecule has 1 heterocycles. The molecule has 1 N–H and O–H groups in total. The van der Waals surface area contributed by atoms with Crippen molar-refractivity contribution in [3.05, 3.63) is 23.8 Å². The first-order valence-electron chi connectivity index (χ1n) is 6.39. The minimum Gasteiger partial charge on any atom is -0.493 e. The van der Waals surface area contributed by atoms with Crippen molar-refractivity contribution in [1.29, 1.82) is 0 Å². The number of amides is 1. The van der Waals surface area contributed by atoms with Crippen molar-refractivity contribution < 1.29 is 19.4 Å². The minimum atomic E-state index is -0.880. The van der Waals surface area contributed by atoms with Crippen LogP contribution < -0.4 is 9.47 Å².